The number of nitrogens with two attached hydrogens (primary N) is 1. The van der Waals surface area contributed by atoms with Crippen molar-refractivity contribution >= 4 is 67.2 Å². The SMILES string of the molecule is Nc1ccc(S(=O)(=O)Nc2ccc(I)cc2Cl)c(Cl)c1. The lowest BCUT2D eigenvalue weighted by atomic mass is 10.3. The first kappa shape index (κ1) is 15.7. The second kappa shape index (κ2) is 5.97. The lowest BCUT2D eigenvalue weighted by molar-refractivity contribution is 0.601. The van der Waals surface area contributed by atoms with Gasteiger partial charge in [-0.1, -0.05) is 23.2 Å². The van der Waals surface area contributed by atoms with E-state index >= 15 is 0 Å². The van der Waals surface area contributed by atoms with Crippen LogP contribution in [0.1, 0.15) is 0 Å². The van der Waals surface area contributed by atoms with Crippen LogP contribution >= 0.6 is 45.8 Å². The van der Waals surface area contributed by atoms with Gasteiger partial charge in [-0.15, -0.1) is 0 Å². The van der Waals surface area contributed by atoms with Gasteiger partial charge in [0.05, 0.1) is 15.7 Å². The van der Waals surface area contributed by atoms with Crippen molar-refractivity contribution in [3.8, 4) is 0 Å². The molecular weight excluding hydrogens is 434 g/mol. The van der Waals surface area contributed by atoms with Gasteiger partial charge in [0.1, 0.15) is 4.90 Å². The smallest absolute Gasteiger partial charge is 0.263 e. The highest BCUT2D eigenvalue weighted by atomic mass is 127. The maximum absolute atomic E-state index is 12.3. The van der Waals surface area contributed by atoms with Crippen LogP contribution < -0.4 is 10.5 Å². The minimum atomic E-state index is -3.82. The van der Waals surface area contributed by atoms with Crippen molar-refractivity contribution in [2.45, 2.75) is 4.90 Å². The molecule has 2 rings (SSSR count). The molecule has 0 aromatic heterocycles. The Morgan fingerprint density at radius 1 is 1.05 bits per heavy atom. The van der Waals surface area contributed by atoms with E-state index in [2.05, 4.69) is 27.3 Å². The van der Waals surface area contributed by atoms with Crippen molar-refractivity contribution in [3.05, 3.63) is 50.0 Å². The molecule has 106 valence electrons. The molecule has 0 fully saturated rings. The molecule has 3 N–H and O–H groups in total. The first-order valence-electron chi connectivity index (χ1n) is 5.32. The lowest BCUT2D eigenvalue weighted by Crippen LogP contribution is -2.14. The van der Waals surface area contributed by atoms with Crippen LogP contribution in [0.5, 0.6) is 0 Å². The Hall–Kier alpha value is -0.700. The largest absolute Gasteiger partial charge is 0.399 e. The maximum atomic E-state index is 12.3. The van der Waals surface area contributed by atoms with Crippen molar-refractivity contribution in [1.82, 2.24) is 0 Å². The third-order valence-corrected chi connectivity index (χ3v) is 5.25. The maximum Gasteiger partial charge on any atom is 0.263 e. The quantitative estimate of drug-likeness (QED) is 0.557. The minimum Gasteiger partial charge on any atom is -0.399 e. The molecule has 0 saturated heterocycles. The van der Waals surface area contributed by atoms with E-state index in [-0.39, 0.29) is 9.92 Å². The van der Waals surface area contributed by atoms with E-state index in [9.17, 15) is 8.42 Å². The zero-order chi connectivity index (χ0) is 14.9. The Kier molecular flexibility index (Phi) is 4.68. The molecule has 0 heterocycles. The fourth-order valence-electron chi connectivity index (χ4n) is 1.51. The predicted molar refractivity (Wildman–Crippen MR) is 90.8 cm³/mol. The van der Waals surface area contributed by atoms with Gasteiger partial charge >= 0.3 is 0 Å². The van der Waals surface area contributed by atoms with Crippen molar-refractivity contribution < 1.29 is 8.42 Å². The van der Waals surface area contributed by atoms with Gasteiger partial charge in [-0.2, -0.15) is 0 Å². The number of nitrogen functional groups attached to an aromatic ring is 1. The fourth-order valence-corrected chi connectivity index (χ4v) is 4.10. The van der Waals surface area contributed by atoms with Gasteiger partial charge in [-0.25, -0.2) is 8.42 Å². The van der Waals surface area contributed by atoms with Gasteiger partial charge in [0.2, 0.25) is 0 Å². The molecule has 0 amide bonds. The van der Waals surface area contributed by atoms with Crippen molar-refractivity contribution in [3.63, 3.8) is 0 Å². The molecule has 0 aliphatic rings. The highest BCUT2D eigenvalue weighted by Gasteiger charge is 2.19. The van der Waals surface area contributed by atoms with Gasteiger partial charge in [-0.05, 0) is 59.0 Å². The van der Waals surface area contributed by atoms with E-state index in [1.165, 1.54) is 18.2 Å². The van der Waals surface area contributed by atoms with Crippen molar-refractivity contribution in [2.24, 2.45) is 0 Å². The van der Waals surface area contributed by atoms with Crippen LogP contribution in [0.15, 0.2) is 41.3 Å². The Labute approximate surface area is 140 Å². The Bertz CT molecular complexity index is 766. The van der Waals surface area contributed by atoms with Crippen LogP contribution in [0.2, 0.25) is 10.0 Å². The number of halogens is 3. The molecular formula is C12H9Cl2IN2O2S. The second-order valence-corrected chi connectivity index (χ2v) is 7.63. The summed E-state index contributed by atoms with van der Waals surface area (Å²) >= 11 is 14.0. The summed E-state index contributed by atoms with van der Waals surface area (Å²) in [6, 6.07) is 9.19. The summed E-state index contributed by atoms with van der Waals surface area (Å²) in [5.74, 6) is 0. The summed E-state index contributed by atoms with van der Waals surface area (Å²) in [4.78, 5) is -0.0528. The second-order valence-electron chi connectivity index (χ2n) is 3.92. The third kappa shape index (κ3) is 3.49. The van der Waals surface area contributed by atoms with Crippen LogP contribution in [-0.4, -0.2) is 8.42 Å². The zero-order valence-corrected chi connectivity index (χ0v) is 14.4. The standard InChI is InChI=1S/C12H9Cl2IN2O2S/c13-9-5-7(15)1-3-11(9)17-20(18,19)12-4-2-8(16)6-10(12)14/h1-6,17H,16H2. The van der Waals surface area contributed by atoms with Gasteiger partial charge in [-0.3, -0.25) is 4.72 Å². The first-order valence-corrected chi connectivity index (χ1v) is 8.64. The van der Waals surface area contributed by atoms with E-state index in [0.29, 0.717) is 16.4 Å². The molecule has 2 aromatic carbocycles. The van der Waals surface area contributed by atoms with Crippen LogP contribution in [-0.2, 0) is 10.0 Å². The molecule has 0 saturated carbocycles. The number of sulfonamides is 1. The molecule has 8 heteroatoms. The molecule has 2 aromatic rings. The van der Waals surface area contributed by atoms with Crippen LogP contribution in [0.3, 0.4) is 0 Å². The molecule has 0 aliphatic carbocycles. The summed E-state index contributed by atoms with van der Waals surface area (Å²) in [5, 5.41) is 0.367. The normalized spacial score (nSPS) is 11.3. The van der Waals surface area contributed by atoms with Gasteiger partial charge in [0, 0.05) is 9.26 Å². The number of anilines is 2. The number of benzene rings is 2. The predicted octanol–water partition coefficient (Wildman–Crippen LogP) is 3.98. The van der Waals surface area contributed by atoms with Gasteiger partial charge in [0.25, 0.3) is 10.0 Å². The summed E-state index contributed by atoms with van der Waals surface area (Å²) in [6.45, 7) is 0. The molecule has 0 radical (unpaired) electrons. The Morgan fingerprint density at radius 3 is 2.35 bits per heavy atom. The minimum absolute atomic E-state index is 0.0528. The zero-order valence-electron chi connectivity index (χ0n) is 9.90. The molecule has 0 unspecified atom stereocenters. The lowest BCUT2D eigenvalue weighted by Gasteiger charge is -2.11. The third-order valence-electron chi connectivity index (χ3n) is 2.42. The fraction of sp³-hybridized carbons (Fsp3) is 0. The summed E-state index contributed by atoms with van der Waals surface area (Å²) in [6.07, 6.45) is 0. The van der Waals surface area contributed by atoms with Crippen molar-refractivity contribution in [2.75, 3.05) is 10.5 Å². The van der Waals surface area contributed by atoms with Crippen LogP contribution in [0.4, 0.5) is 11.4 Å². The van der Waals surface area contributed by atoms with Gasteiger partial charge < -0.3 is 5.73 Å². The average Bonchev–Trinajstić information content (AvgIpc) is 2.32. The number of hydrogen-bond donors (Lipinski definition) is 2. The monoisotopic (exact) mass is 442 g/mol. The van der Waals surface area contributed by atoms with E-state index in [4.69, 9.17) is 28.9 Å². The summed E-state index contributed by atoms with van der Waals surface area (Å²) in [5.41, 5.74) is 6.22. The van der Waals surface area contributed by atoms with E-state index in [0.717, 1.165) is 3.57 Å². The number of rotatable bonds is 3. The molecule has 0 bridgehead atoms. The summed E-state index contributed by atoms with van der Waals surface area (Å²) < 4.78 is 27.9. The highest BCUT2D eigenvalue weighted by Crippen LogP contribution is 2.29. The van der Waals surface area contributed by atoms with Crippen LogP contribution in [0, 0.1) is 3.57 Å². The first-order chi connectivity index (χ1) is 9.29. The number of hydrogen-bond acceptors (Lipinski definition) is 3. The molecule has 4 nitrogen and oxygen atoms in total. The molecule has 0 atom stereocenters. The Morgan fingerprint density at radius 2 is 1.75 bits per heavy atom. The topological polar surface area (TPSA) is 72.2 Å². The number of nitrogens with one attached hydrogen (secondary N) is 1. The molecule has 0 aliphatic heterocycles. The Balaban J connectivity index is 2.41. The van der Waals surface area contributed by atoms with Crippen molar-refractivity contribution in [1.29, 1.82) is 0 Å². The molecule has 20 heavy (non-hydrogen) atoms. The average molecular weight is 443 g/mol. The van der Waals surface area contributed by atoms with Gasteiger partial charge in [0.15, 0.2) is 0 Å². The highest BCUT2D eigenvalue weighted by molar-refractivity contribution is 14.1. The van der Waals surface area contributed by atoms with E-state index in [1.54, 1.807) is 18.2 Å². The van der Waals surface area contributed by atoms with E-state index in [1.807, 2.05) is 0 Å². The summed E-state index contributed by atoms with van der Waals surface area (Å²) in [7, 11) is -3.82. The molecule has 0 spiro atoms. The van der Waals surface area contributed by atoms with Crippen LogP contribution in [0.25, 0.3) is 0 Å². The van der Waals surface area contributed by atoms with E-state index < -0.39 is 10.0 Å².